The van der Waals surface area contributed by atoms with Crippen LogP contribution in [0.4, 0.5) is 0 Å². The number of piperazine rings is 1. The summed E-state index contributed by atoms with van der Waals surface area (Å²) in [6.45, 7) is 3.07. The average Bonchev–Trinajstić information content (AvgIpc) is 3.16. The Balaban J connectivity index is 1.57. The van der Waals surface area contributed by atoms with E-state index < -0.39 is 0 Å². The van der Waals surface area contributed by atoms with Crippen molar-refractivity contribution in [2.45, 2.75) is 0 Å². The first-order chi connectivity index (χ1) is 11.7. The standard InChI is InChI=1S/C18H20N2O3S/c1-23-16-6-3-2-5-14(16)18(22)20-10-8-19(9-11-20)13-15(21)17-7-4-12-24-17/h2-7,12H,8-11,13H2,1H3. The molecule has 0 N–H and O–H groups in total. The van der Waals surface area contributed by atoms with Crippen LogP contribution >= 0.6 is 11.3 Å². The summed E-state index contributed by atoms with van der Waals surface area (Å²) in [5.41, 5.74) is 0.586. The number of benzene rings is 1. The Morgan fingerprint density at radius 3 is 2.50 bits per heavy atom. The number of para-hydroxylation sites is 1. The van der Waals surface area contributed by atoms with Crippen LogP contribution in [-0.2, 0) is 0 Å². The highest BCUT2D eigenvalue weighted by Gasteiger charge is 2.25. The Hall–Kier alpha value is -2.18. The number of carbonyl (C=O) groups is 2. The SMILES string of the molecule is COc1ccccc1C(=O)N1CCN(CC(=O)c2cccs2)CC1. The molecule has 126 valence electrons. The number of ketones is 1. The molecule has 0 radical (unpaired) electrons. The van der Waals surface area contributed by atoms with E-state index in [9.17, 15) is 9.59 Å². The molecular weight excluding hydrogens is 324 g/mol. The number of nitrogens with zero attached hydrogens (tertiary/aromatic N) is 2. The van der Waals surface area contributed by atoms with Crippen molar-refractivity contribution in [3.8, 4) is 5.75 Å². The minimum Gasteiger partial charge on any atom is -0.496 e. The minimum atomic E-state index is -0.0170. The van der Waals surface area contributed by atoms with E-state index in [1.165, 1.54) is 11.3 Å². The summed E-state index contributed by atoms with van der Waals surface area (Å²) in [5, 5.41) is 1.91. The van der Waals surface area contributed by atoms with Crippen LogP contribution in [0.2, 0.25) is 0 Å². The van der Waals surface area contributed by atoms with Crippen molar-refractivity contribution in [3.63, 3.8) is 0 Å². The zero-order valence-corrected chi connectivity index (χ0v) is 14.4. The normalized spacial score (nSPS) is 15.3. The zero-order valence-electron chi connectivity index (χ0n) is 13.6. The van der Waals surface area contributed by atoms with Crippen molar-refractivity contribution >= 4 is 23.0 Å². The van der Waals surface area contributed by atoms with E-state index in [0.29, 0.717) is 44.0 Å². The lowest BCUT2D eigenvalue weighted by Crippen LogP contribution is -2.49. The summed E-state index contributed by atoms with van der Waals surface area (Å²) in [5.74, 6) is 0.726. The van der Waals surface area contributed by atoms with Gasteiger partial charge in [0.15, 0.2) is 5.78 Å². The molecule has 0 spiro atoms. The monoisotopic (exact) mass is 344 g/mol. The summed E-state index contributed by atoms with van der Waals surface area (Å²) in [6, 6.07) is 11.0. The minimum absolute atomic E-state index is 0.0170. The van der Waals surface area contributed by atoms with Gasteiger partial charge in [0.25, 0.3) is 5.91 Å². The summed E-state index contributed by atoms with van der Waals surface area (Å²) >= 11 is 1.47. The predicted octanol–water partition coefficient (Wildman–Crippen LogP) is 2.40. The molecule has 0 saturated carbocycles. The number of hydrogen-bond acceptors (Lipinski definition) is 5. The molecule has 0 aliphatic carbocycles. The maximum absolute atomic E-state index is 12.7. The molecule has 24 heavy (non-hydrogen) atoms. The number of methoxy groups -OCH3 is 1. The van der Waals surface area contributed by atoms with Gasteiger partial charge in [-0.05, 0) is 23.6 Å². The van der Waals surface area contributed by atoms with Gasteiger partial charge in [-0.25, -0.2) is 0 Å². The van der Waals surface area contributed by atoms with Crippen molar-refractivity contribution in [2.75, 3.05) is 39.8 Å². The van der Waals surface area contributed by atoms with Gasteiger partial charge in [-0.3, -0.25) is 14.5 Å². The lowest BCUT2D eigenvalue weighted by atomic mass is 10.1. The second kappa shape index (κ2) is 7.59. The molecule has 3 rings (SSSR count). The van der Waals surface area contributed by atoms with Crippen LogP contribution in [0.3, 0.4) is 0 Å². The van der Waals surface area contributed by atoms with Crippen molar-refractivity contribution in [3.05, 3.63) is 52.2 Å². The third-order valence-corrected chi connectivity index (χ3v) is 5.07. The highest BCUT2D eigenvalue weighted by molar-refractivity contribution is 7.12. The molecule has 1 saturated heterocycles. The van der Waals surface area contributed by atoms with Gasteiger partial charge in [0.05, 0.1) is 24.1 Å². The first kappa shape index (κ1) is 16.7. The summed E-state index contributed by atoms with van der Waals surface area (Å²) in [6.07, 6.45) is 0. The maximum Gasteiger partial charge on any atom is 0.257 e. The molecular formula is C18H20N2O3S. The predicted molar refractivity (Wildman–Crippen MR) is 94.0 cm³/mol. The summed E-state index contributed by atoms with van der Waals surface area (Å²) in [4.78, 5) is 29.5. The van der Waals surface area contributed by atoms with E-state index >= 15 is 0 Å². The van der Waals surface area contributed by atoms with Crippen LogP contribution in [0.1, 0.15) is 20.0 Å². The number of carbonyl (C=O) groups excluding carboxylic acids is 2. The molecule has 5 nitrogen and oxygen atoms in total. The average molecular weight is 344 g/mol. The molecule has 1 aromatic heterocycles. The third-order valence-electron chi connectivity index (χ3n) is 4.16. The molecule has 1 aromatic carbocycles. The molecule has 6 heteroatoms. The number of rotatable bonds is 5. The van der Waals surface area contributed by atoms with Gasteiger partial charge in [0.2, 0.25) is 0 Å². The van der Waals surface area contributed by atoms with Gasteiger partial charge < -0.3 is 9.64 Å². The van der Waals surface area contributed by atoms with Gasteiger partial charge in [-0.15, -0.1) is 11.3 Å². The maximum atomic E-state index is 12.7. The van der Waals surface area contributed by atoms with Crippen LogP contribution in [0, 0.1) is 0 Å². The quantitative estimate of drug-likeness (QED) is 0.782. The van der Waals surface area contributed by atoms with Crippen molar-refractivity contribution in [2.24, 2.45) is 0 Å². The Morgan fingerprint density at radius 1 is 1.08 bits per heavy atom. The highest BCUT2D eigenvalue weighted by atomic mass is 32.1. The Labute approximate surface area is 145 Å². The van der Waals surface area contributed by atoms with Gasteiger partial charge in [-0.2, -0.15) is 0 Å². The Morgan fingerprint density at radius 2 is 1.83 bits per heavy atom. The van der Waals surface area contributed by atoms with E-state index in [1.807, 2.05) is 34.5 Å². The fourth-order valence-electron chi connectivity index (χ4n) is 2.82. The molecule has 2 heterocycles. The first-order valence-electron chi connectivity index (χ1n) is 7.90. The molecule has 0 unspecified atom stereocenters. The fraction of sp³-hybridized carbons (Fsp3) is 0.333. The second-order valence-electron chi connectivity index (χ2n) is 5.67. The van der Waals surface area contributed by atoms with Gasteiger partial charge >= 0.3 is 0 Å². The van der Waals surface area contributed by atoms with Crippen LogP contribution < -0.4 is 4.74 Å². The molecule has 1 fully saturated rings. The van der Waals surface area contributed by atoms with E-state index in [1.54, 1.807) is 19.2 Å². The van der Waals surface area contributed by atoms with Gasteiger partial charge in [0, 0.05) is 26.2 Å². The molecule has 1 amide bonds. The van der Waals surface area contributed by atoms with Crippen LogP contribution in [0.5, 0.6) is 5.75 Å². The largest absolute Gasteiger partial charge is 0.496 e. The number of Topliss-reactive ketones (excluding diaryl/α,β-unsaturated/α-hetero) is 1. The van der Waals surface area contributed by atoms with Crippen LogP contribution in [0.15, 0.2) is 41.8 Å². The van der Waals surface area contributed by atoms with Gasteiger partial charge in [0.1, 0.15) is 5.75 Å². The number of thiophene rings is 1. The van der Waals surface area contributed by atoms with Crippen molar-refractivity contribution in [1.29, 1.82) is 0 Å². The van der Waals surface area contributed by atoms with Crippen molar-refractivity contribution < 1.29 is 14.3 Å². The van der Waals surface area contributed by atoms with Crippen molar-refractivity contribution in [1.82, 2.24) is 9.80 Å². The lowest BCUT2D eigenvalue weighted by Gasteiger charge is -2.34. The molecule has 0 bridgehead atoms. The molecule has 0 atom stereocenters. The Bertz CT molecular complexity index is 707. The topological polar surface area (TPSA) is 49.9 Å². The van der Waals surface area contributed by atoms with Crippen LogP contribution in [0.25, 0.3) is 0 Å². The number of ether oxygens (including phenoxy) is 1. The van der Waals surface area contributed by atoms with E-state index in [0.717, 1.165) is 4.88 Å². The highest BCUT2D eigenvalue weighted by Crippen LogP contribution is 2.20. The number of hydrogen-bond donors (Lipinski definition) is 0. The van der Waals surface area contributed by atoms with E-state index in [4.69, 9.17) is 4.74 Å². The fourth-order valence-corrected chi connectivity index (χ4v) is 3.48. The van der Waals surface area contributed by atoms with E-state index in [-0.39, 0.29) is 11.7 Å². The Kier molecular flexibility index (Phi) is 5.27. The van der Waals surface area contributed by atoms with E-state index in [2.05, 4.69) is 4.90 Å². The summed E-state index contributed by atoms with van der Waals surface area (Å²) < 4.78 is 5.27. The first-order valence-corrected chi connectivity index (χ1v) is 8.78. The molecule has 2 aromatic rings. The molecule has 1 aliphatic heterocycles. The lowest BCUT2D eigenvalue weighted by molar-refractivity contribution is 0.0622. The van der Waals surface area contributed by atoms with Crippen LogP contribution in [-0.4, -0.2) is 61.3 Å². The molecule has 1 aliphatic rings. The number of amides is 1. The summed E-state index contributed by atoms with van der Waals surface area (Å²) in [7, 11) is 1.57. The second-order valence-corrected chi connectivity index (χ2v) is 6.62. The third kappa shape index (κ3) is 3.66. The van der Waals surface area contributed by atoms with Gasteiger partial charge in [-0.1, -0.05) is 18.2 Å². The zero-order chi connectivity index (χ0) is 16.9. The smallest absolute Gasteiger partial charge is 0.257 e.